The number of carbonyl (C=O) groups is 1. The van der Waals surface area contributed by atoms with Crippen LogP contribution in [0.1, 0.15) is 44.9 Å². The topological polar surface area (TPSA) is 70.7 Å². The molecule has 0 spiro atoms. The van der Waals surface area contributed by atoms with Gasteiger partial charge in [0.15, 0.2) is 0 Å². The summed E-state index contributed by atoms with van der Waals surface area (Å²) >= 11 is 3.38. The Morgan fingerprint density at radius 1 is 1.15 bits per heavy atom. The van der Waals surface area contributed by atoms with Crippen LogP contribution in [0.4, 0.5) is 10.5 Å². The Bertz CT molecular complexity index is 625. The van der Waals surface area contributed by atoms with E-state index in [0.717, 1.165) is 42.0 Å². The van der Waals surface area contributed by atoms with Crippen molar-refractivity contribution >= 4 is 33.5 Å². The third-order valence-electron chi connectivity index (χ3n) is 5.49. The molecule has 5 nitrogen and oxygen atoms in total. The number of nitrogens with two attached hydrogens (primary N) is 1. The highest BCUT2D eigenvalue weighted by Gasteiger charge is 2.25. The molecule has 0 radical (unpaired) electrons. The lowest BCUT2D eigenvalue weighted by Gasteiger charge is -2.35. The van der Waals surface area contributed by atoms with Crippen molar-refractivity contribution in [1.82, 2.24) is 4.90 Å². The Hall–Kier alpha value is -1.40. The molecule has 6 heteroatoms. The maximum atomic E-state index is 12.1. The molecule has 1 unspecified atom stereocenters. The lowest BCUT2D eigenvalue weighted by molar-refractivity contribution is 0.157. The quantitative estimate of drug-likeness (QED) is 0.550. The van der Waals surface area contributed by atoms with Gasteiger partial charge >= 0.3 is 6.03 Å². The van der Waals surface area contributed by atoms with Crippen molar-refractivity contribution in [1.29, 1.82) is 0 Å². The van der Waals surface area contributed by atoms with Crippen LogP contribution in [0.15, 0.2) is 33.7 Å². The number of anilines is 1. The minimum atomic E-state index is -0.394. The van der Waals surface area contributed by atoms with Gasteiger partial charge in [-0.15, -0.1) is 0 Å². The summed E-state index contributed by atoms with van der Waals surface area (Å²) < 4.78 is 0.971. The number of hydrogen-bond donors (Lipinski definition) is 2. The van der Waals surface area contributed by atoms with Crippen molar-refractivity contribution in [3.8, 4) is 0 Å². The molecule has 142 valence electrons. The fourth-order valence-corrected chi connectivity index (χ4v) is 4.36. The molecule has 1 aromatic carbocycles. The molecule has 1 saturated heterocycles. The summed E-state index contributed by atoms with van der Waals surface area (Å²) in [5.41, 5.74) is 6.90. The van der Waals surface area contributed by atoms with Gasteiger partial charge in [-0.3, -0.25) is 0 Å². The van der Waals surface area contributed by atoms with Gasteiger partial charge in [0.2, 0.25) is 0 Å². The van der Waals surface area contributed by atoms with Crippen LogP contribution in [0.5, 0.6) is 0 Å². The van der Waals surface area contributed by atoms with Crippen LogP contribution in [-0.2, 0) is 0 Å². The first-order valence-corrected chi connectivity index (χ1v) is 10.5. The molecule has 1 heterocycles. The first-order valence-electron chi connectivity index (χ1n) is 9.73. The molecule has 1 aliphatic heterocycles. The number of urea groups is 1. The number of nitrogens with zero attached hydrogens (tertiary/aromatic N) is 2. The molecule has 3 rings (SSSR count). The normalized spacial score (nSPS) is 23.0. The van der Waals surface area contributed by atoms with E-state index in [1.54, 1.807) is 0 Å². The zero-order valence-electron chi connectivity index (χ0n) is 15.3. The zero-order valence-corrected chi connectivity index (χ0v) is 16.9. The lowest BCUT2D eigenvalue weighted by atomic mass is 9.88. The van der Waals surface area contributed by atoms with E-state index in [9.17, 15) is 4.79 Å². The summed E-state index contributed by atoms with van der Waals surface area (Å²) in [6, 6.07) is 7.04. The number of amidine groups is 1. The predicted octanol–water partition coefficient (Wildman–Crippen LogP) is 4.63. The number of hydrogen-bond acceptors (Lipinski definition) is 2. The van der Waals surface area contributed by atoms with Gasteiger partial charge in [0.25, 0.3) is 0 Å². The molecule has 2 amide bonds. The number of nitrogens with one attached hydrogen (secondary N) is 1. The highest BCUT2D eigenvalue weighted by atomic mass is 79.9. The molecule has 3 N–H and O–H groups in total. The van der Waals surface area contributed by atoms with Gasteiger partial charge in [-0.1, -0.05) is 35.2 Å². The maximum Gasteiger partial charge on any atom is 0.347 e. The Morgan fingerprint density at radius 2 is 1.88 bits per heavy atom. The smallest absolute Gasteiger partial charge is 0.347 e. The van der Waals surface area contributed by atoms with Gasteiger partial charge < -0.3 is 16.0 Å². The molecule has 1 aliphatic carbocycles. The summed E-state index contributed by atoms with van der Waals surface area (Å²) in [5.74, 6) is 1.48. The second-order valence-corrected chi connectivity index (χ2v) is 8.49. The summed E-state index contributed by atoms with van der Waals surface area (Å²) in [5, 5.41) is 2.78. The molecule has 1 aromatic rings. The average Bonchev–Trinajstić information content (AvgIpc) is 2.64. The van der Waals surface area contributed by atoms with Crippen LogP contribution in [0.2, 0.25) is 0 Å². The number of benzene rings is 1. The van der Waals surface area contributed by atoms with Crippen molar-refractivity contribution in [2.45, 2.75) is 44.9 Å². The lowest BCUT2D eigenvalue weighted by Crippen LogP contribution is -2.43. The number of rotatable bonds is 4. The maximum absolute atomic E-state index is 12.1. The van der Waals surface area contributed by atoms with E-state index in [-0.39, 0.29) is 5.92 Å². The van der Waals surface area contributed by atoms with Gasteiger partial charge in [-0.2, -0.15) is 4.99 Å². The molecular weight excluding hydrogens is 392 g/mol. The summed E-state index contributed by atoms with van der Waals surface area (Å²) in [4.78, 5) is 18.8. The molecule has 2 fully saturated rings. The van der Waals surface area contributed by atoms with Gasteiger partial charge in [-0.25, -0.2) is 4.79 Å². The minimum absolute atomic E-state index is 0.183. The van der Waals surface area contributed by atoms with Gasteiger partial charge in [-0.05, 0) is 62.4 Å². The van der Waals surface area contributed by atoms with Gasteiger partial charge in [0, 0.05) is 29.2 Å². The van der Waals surface area contributed by atoms with E-state index in [2.05, 4.69) is 31.1 Å². The number of carbonyl (C=O) groups excluding carboxylic acids is 1. The van der Waals surface area contributed by atoms with Crippen molar-refractivity contribution in [3.05, 3.63) is 28.7 Å². The highest BCUT2D eigenvalue weighted by Crippen LogP contribution is 2.26. The molecule has 1 atom stereocenters. The molecule has 1 saturated carbocycles. The minimum Gasteiger partial charge on any atom is -0.387 e. The number of amides is 2. The van der Waals surface area contributed by atoms with Crippen LogP contribution in [0.3, 0.4) is 0 Å². The SMILES string of the molecule is N/C(=N\C(=O)Nc1ccc(Br)cc1)C1CCCN(CC2CCCCC2)C1. The Kier molecular flexibility index (Phi) is 7.08. The number of likely N-dealkylation sites (tertiary alicyclic amines) is 1. The number of piperidine rings is 1. The van der Waals surface area contributed by atoms with Crippen LogP contribution in [0.25, 0.3) is 0 Å². The van der Waals surface area contributed by atoms with E-state index in [1.807, 2.05) is 24.3 Å². The summed E-state index contributed by atoms with van der Waals surface area (Å²) in [7, 11) is 0. The molecule has 0 aromatic heterocycles. The van der Waals surface area contributed by atoms with E-state index < -0.39 is 6.03 Å². The first-order chi connectivity index (χ1) is 12.6. The van der Waals surface area contributed by atoms with Crippen molar-refractivity contribution in [3.63, 3.8) is 0 Å². The van der Waals surface area contributed by atoms with Crippen LogP contribution < -0.4 is 11.1 Å². The largest absolute Gasteiger partial charge is 0.387 e. The third-order valence-corrected chi connectivity index (χ3v) is 6.02. The number of halogens is 1. The fraction of sp³-hybridized carbons (Fsp3) is 0.600. The Balaban J connectivity index is 1.52. The average molecular weight is 421 g/mol. The van der Waals surface area contributed by atoms with Crippen molar-refractivity contribution < 1.29 is 4.79 Å². The molecular formula is C20H29BrN4O. The van der Waals surface area contributed by atoms with Crippen LogP contribution in [0, 0.1) is 11.8 Å². The monoisotopic (exact) mass is 420 g/mol. The van der Waals surface area contributed by atoms with E-state index in [4.69, 9.17) is 5.73 Å². The predicted molar refractivity (Wildman–Crippen MR) is 111 cm³/mol. The standard InChI is InChI=1S/C20H29BrN4O/c21-17-8-10-18(11-9-17)23-20(26)24-19(22)16-7-4-12-25(14-16)13-15-5-2-1-3-6-15/h8-11,15-16H,1-7,12-14H2,(H3,22,23,24,26). The molecule has 26 heavy (non-hydrogen) atoms. The van der Waals surface area contributed by atoms with E-state index in [0.29, 0.717) is 5.84 Å². The summed E-state index contributed by atoms with van der Waals surface area (Å²) in [6.07, 6.45) is 9.01. The van der Waals surface area contributed by atoms with Gasteiger partial charge in [0.1, 0.15) is 5.84 Å². The van der Waals surface area contributed by atoms with Crippen LogP contribution >= 0.6 is 15.9 Å². The van der Waals surface area contributed by atoms with Gasteiger partial charge in [0.05, 0.1) is 0 Å². The van der Waals surface area contributed by atoms with Crippen molar-refractivity contribution in [2.24, 2.45) is 22.6 Å². The molecule has 2 aliphatic rings. The Morgan fingerprint density at radius 3 is 2.62 bits per heavy atom. The third kappa shape index (κ3) is 5.81. The summed E-state index contributed by atoms with van der Waals surface area (Å²) in [6.45, 7) is 3.25. The van der Waals surface area contributed by atoms with Crippen LogP contribution in [-0.4, -0.2) is 36.4 Å². The number of aliphatic imine (C=N–C) groups is 1. The fourth-order valence-electron chi connectivity index (χ4n) is 4.09. The second-order valence-electron chi connectivity index (χ2n) is 7.58. The second kappa shape index (κ2) is 9.51. The Labute approximate surface area is 164 Å². The molecule has 0 bridgehead atoms. The highest BCUT2D eigenvalue weighted by molar-refractivity contribution is 9.10. The zero-order chi connectivity index (χ0) is 18.4. The van der Waals surface area contributed by atoms with E-state index >= 15 is 0 Å². The van der Waals surface area contributed by atoms with E-state index in [1.165, 1.54) is 38.6 Å². The van der Waals surface area contributed by atoms with Crippen molar-refractivity contribution in [2.75, 3.05) is 25.0 Å². The first kappa shape index (κ1) is 19.4.